The van der Waals surface area contributed by atoms with E-state index in [2.05, 4.69) is 45.0 Å². The second-order valence-corrected chi connectivity index (χ2v) is 9.51. The molecule has 3 rings (SSSR count). The summed E-state index contributed by atoms with van der Waals surface area (Å²) in [5.41, 5.74) is 5.34. The molecule has 0 aliphatic rings. The zero-order valence-corrected chi connectivity index (χ0v) is 21.2. The van der Waals surface area contributed by atoms with E-state index in [-0.39, 0.29) is 5.97 Å². The van der Waals surface area contributed by atoms with Gasteiger partial charge >= 0.3 is 5.97 Å². The molecule has 0 aliphatic carbocycles. The van der Waals surface area contributed by atoms with Gasteiger partial charge in [-0.1, -0.05) is 114 Å². The Hall–Kier alpha value is -2.87. The molecule has 34 heavy (non-hydrogen) atoms. The highest BCUT2D eigenvalue weighted by molar-refractivity contribution is 5.91. The topological polar surface area (TPSA) is 26.3 Å². The first kappa shape index (κ1) is 25.7. The average Bonchev–Trinajstić information content (AvgIpc) is 2.87. The largest absolute Gasteiger partial charge is 0.423 e. The van der Waals surface area contributed by atoms with Crippen molar-refractivity contribution in [2.24, 2.45) is 5.92 Å². The highest BCUT2D eigenvalue weighted by atomic mass is 16.5. The van der Waals surface area contributed by atoms with Crippen molar-refractivity contribution in [3.05, 3.63) is 89.5 Å². The Morgan fingerprint density at radius 1 is 0.765 bits per heavy atom. The first-order chi connectivity index (χ1) is 16.6. The predicted octanol–water partition coefficient (Wildman–Crippen LogP) is 9.06. The molecule has 2 heteroatoms. The standard InChI is InChI=1S/C32H40O2/c1-4-6-7-8-9-10-13-26-16-18-27(19-17-26)28-20-22-29(23-21-28)32(33)34-31-15-12-11-14-30(31)24-25(3)5-2/h11-12,14-23,25H,4-10,13,24H2,1-3H3/t25-/m1/s1. The summed E-state index contributed by atoms with van der Waals surface area (Å²) in [6.07, 6.45) is 11.1. The van der Waals surface area contributed by atoms with Crippen LogP contribution in [-0.2, 0) is 12.8 Å². The van der Waals surface area contributed by atoms with E-state index in [4.69, 9.17) is 4.74 Å². The van der Waals surface area contributed by atoms with Crippen molar-refractivity contribution in [2.45, 2.75) is 78.6 Å². The summed E-state index contributed by atoms with van der Waals surface area (Å²) in [5.74, 6) is 0.909. The van der Waals surface area contributed by atoms with Gasteiger partial charge in [-0.2, -0.15) is 0 Å². The molecular weight excluding hydrogens is 416 g/mol. The van der Waals surface area contributed by atoms with E-state index in [1.807, 2.05) is 48.5 Å². The fourth-order valence-corrected chi connectivity index (χ4v) is 4.22. The van der Waals surface area contributed by atoms with Crippen LogP contribution in [0.4, 0.5) is 0 Å². The number of aryl methyl sites for hydroxylation is 1. The molecule has 0 aliphatic heterocycles. The zero-order valence-electron chi connectivity index (χ0n) is 21.2. The molecule has 3 aromatic carbocycles. The number of unbranched alkanes of at least 4 members (excludes halogenated alkanes) is 5. The van der Waals surface area contributed by atoms with Gasteiger partial charge in [-0.3, -0.25) is 0 Å². The average molecular weight is 457 g/mol. The maximum absolute atomic E-state index is 12.8. The Morgan fingerprint density at radius 3 is 2.06 bits per heavy atom. The van der Waals surface area contributed by atoms with Gasteiger partial charge < -0.3 is 4.74 Å². The van der Waals surface area contributed by atoms with Crippen LogP contribution in [0.1, 0.15) is 87.2 Å². The minimum absolute atomic E-state index is 0.308. The highest BCUT2D eigenvalue weighted by Gasteiger charge is 2.13. The van der Waals surface area contributed by atoms with Crippen molar-refractivity contribution in [3.63, 3.8) is 0 Å². The van der Waals surface area contributed by atoms with Gasteiger partial charge in [0.1, 0.15) is 5.75 Å². The van der Waals surface area contributed by atoms with Crippen molar-refractivity contribution < 1.29 is 9.53 Å². The molecular formula is C32H40O2. The zero-order chi connectivity index (χ0) is 24.2. The smallest absolute Gasteiger partial charge is 0.343 e. The number of carbonyl (C=O) groups is 1. The molecule has 2 nitrogen and oxygen atoms in total. The third-order valence-electron chi connectivity index (χ3n) is 6.67. The van der Waals surface area contributed by atoms with Crippen molar-refractivity contribution in [1.29, 1.82) is 0 Å². The van der Waals surface area contributed by atoms with Gasteiger partial charge in [0.25, 0.3) is 0 Å². The minimum Gasteiger partial charge on any atom is -0.423 e. The Kier molecular flexibility index (Phi) is 10.4. The fourth-order valence-electron chi connectivity index (χ4n) is 4.22. The second-order valence-electron chi connectivity index (χ2n) is 9.51. The number of hydrogen-bond donors (Lipinski definition) is 0. The Labute approximate surface area is 206 Å². The van der Waals surface area contributed by atoms with Crippen LogP contribution in [0, 0.1) is 5.92 Å². The van der Waals surface area contributed by atoms with E-state index in [0.29, 0.717) is 17.2 Å². The van der Waals surface area contributed by atoms with Crippen molar-refractivity contribution in [2.75, 3.05) is 0 Å². The van der Waals surface area contributed by atoms with Crippen LogP contribution in [0.5, 0.6) is 5.75 Å². The van der Waals surface area contributed by atoms with E-state index in [0.717, 1.165) is 30.4 Å². The number of benzene rings is 3. The molecule has 3 aromatic rings. The van der Waals surface area contributed by atoms with Gasteiger partial charge in [0.2, 0.25) is 0 Å². The van der Waals surface area contributed by atoms with E-state index >= 15 is 0 Å². The number of rotatable bonds is 13. The third kappa shape index (κ3) is 7.87. The van der Waals surface area contributed by atoms with Gasteiger partial charge in [-0.15, -0.1) is 0 Å². The van der Waals surface area contributed by atoms with Crippen molar-refractivity contribution >= 4 is 5.97 Å². The lowest BCUT2D eigenvalue weighted by molar-refractivity contribution is 0.0732. The van der Waals surface area contributed by atoms with Crippen molar-refractivity contribution in [1.82, 2.24) is 0 Å². The number of hydrogen-bond acceptors (Lipinski definition) is 2. The molecule has 1 atom stereocenters. The molecule has 0 amide bonds. The van der Waals surface area contributed by atoms with Crippen LogP contribution < -0.4 is 4.74 Å². The summed E-state index contributed by atoms with van der Waals surface area (Å²) in [7, 11) is 0. The molecule has 0 fully saturated rings. The van der Waals surface area contributed by atoms with E-state index < -0.39 is 0 Å². The first-order valence-corrected chi connectivity index (χ1v) is 13.1. The monoisotopic (exact) mass is 456 g/mol. The third-order valence-corrected chi connectivity index (χ3v) is 6.67. The number of carbonyl (C=O) groups excluding carboxylic acids is 1. The van der Waals surface area contributed by atoms with Gasteiger partial charge in [-0.25, -0.2) is 4.79 Å². The Morgan fingerprint density at radius 2 is 1.38 bits per heavy atom. The highest BCUT2D eigenvalue weighted by Crippen LogP contribution is 2.25. The van der Waals surface area contributed by atoms with E-state index in [1.54, 1.807) is 0 Å². The Bertz CT molecular complexity index is 1000. The first-order valence-electron chi connectivity index (χ1n) is 13.1. The molecule has 0 N–H and O–H groups in total. The Balaban J connectivity index is 1.56. The maximum Gasteiger partial charge on any atom is 0.343 e. The summed E-state index contributed by atoms with van der Waals surface area (Å²) in [6, 6.07) is 24.4. The van der Waals surface area contributed by atoms with Crippen LogP contribution in [0.15, 0.2) is 72.8 Å². The van der Waals surface area contributed by atoms with Gasteiger partial charge in [0.15, 0.2) is 0 Å². The summed E-state index contributed by atoms with van der Waals surface area (Å²) in [4.78, 5) is 12.8. The quantitative estimate of drug-likeness (QED) is 0.146. The van der Waals surface area contributed by atoms with Gasteiger partial charge in [0.05, 0.1) is 5.56 Å². The maximum atomic E-state index is 12.8. The molecule has 180 valence electrons. The number of ether oxygens (including phenoxy) is 1. The van der Waals surface area contributed by atoms with Crippen LogP contribution in [0.2, 0.25) is 0 Å². The van der Waals surface area contributed by atoms with Crippen LogP contribution in [-0.4, -0.2) is 5.97 Å². The van der Waals surface area contributed by atoms with E-state index in [9.17, 15) is 4.79 Å². The predicted molar refractivity (Wildman–Crippen MR) is 144 cm³/mol. The van der Waals surface area contributed by atoms with Crippen LogP contribution in [0.25, 0.3) is 11.1 Å². The normalized spacial score (nSPS) is 11.9. The molecule has 0 bridgehead atoms. The molecule has 0 saturated heterocycles. The molecule has 0 heterocycles. The fraction of sp³-hybridized carbons (Fsp3) is 0.406. The summed E-state index contributed by atoms with van der Waals surface area (Å²) < 4.78 is 5.77. The number of esters is 1. The van der Waals surface area contributed by atoms with Gasteiger partial charge in [-0.05, 0) is 65.6 Å². The molecule has 0 aromatic heterocycles. The molecule has 0 spiro atoms. The lowest BCUT2D eigenvalue weighted by atomic mass is 9.98. The lowest BCUT2D eigenvalue weighted by Gasteiger charge is -2.13. The number of para-hydroxylation sites is 1. The van der Waals surface area contributed by atoms with Crippen LogP contribution in [0.3, 0.4) is 0 Å². The molecule has 0 unspecified atom stereocenters. The van der Waals surface area contributed by atoms with Crippen LogP contribution >= 0.6 is 0 Å². The summed E-state index contributed by atoms with van der Waals surface area (Å²) in [5, 5.41) is 0. The molecule has 0 saturated carbocycles. The van der Waals surface area contributed by atoms with Crippen molar-refractivity contribution in [3.8, 4) is 16.9 Å². The SMILES string of the molecule is CCCCCCCCc1ccc(-c2ccc(C(=O)Oc3ccccc3C[C@H](C)CC)cc2)cc1. The lowest BCUT2D eigenvalue weighted by Crippen LogP contribution is -2.10. The summed E-state index contributed by atoms with van der Waals surface area (Å²) in [6.45, 7) is 6.66. The van der Waals surface area contributed by atoms with Gasteiger partial charge in [0, 0.05) is 0 Å². The minimum atomic E-state index is -0.308. The second kappa shape index (κ2) is 13.7. The summed E-state index contributed by atoms with van der Waals surface area (Å²) >= 11 is 0. The van der Waals surface area contributed by atoms with E-state index in [1.165, 1.54) is 49.7 Å². The molecule has 0 radical (unpaired) electrons.